The van der Waals surface area contributed by atoms with Gasteiger partial charge in [0, 0.05) is 17.1 Å². The topological polar surface area (TPSA) is 75.6 Å². The van der Waals surface area contributed by atoms with E-state index in [2.05, 4.69) is 5.32 Å². The molecule has 0 aromatic heterocycles. The van der Waals surface area contributed by atoms with E-state index >= 15 is 0 Å². The van der Waals surface area contributed by atoms with Crippen LogP contribution in [0.4, 0.5) is 0 Å². The van der Waals surface area contributed by atoms with Crippen molar-refractivity contribution in [1.82, 2.24) is 5.32 Å². The van der Waals surface area contributed by atoms with Gasteiger partial charge in [0.05, 0.1) is 7.11 Å². The molecular formula is C11H12ClNO4. The van der Waals surface area contributed by atoms with Gasteiger partial charge in [0.2, 0.25) is 5.91 Å². The number of carbonyl (C=O) groups is 2. The molecule has 0 unspecified atom stereocenters. The van der Waals surface area contributed by atoms with Crippen molar-refractivity contribution in [2.75, 3.05) is 7.11 Å². The van der Waals surface area contributed by atoms with Crippen molar-refractivity contribution in [2.24, 2.45) is 0 Å². The van der Waals surface area contributed by atoms with Crippen molar-refractivity contribution in [3.63, 3.8) is 0 Å². The summed E-state index contributed by atoms with van der Waals surface area (Å²) in [5.41, 5.74) is 0.621. The lowest BCUT2D eigenvalue weighted by molar-refractivity contribution is -0.140. The molecule has 6 heteroatoms. The van der Waals surface area contributed by atoms with E-state index in [1.165, 1.54) is 7.11 Å². The molecule has 0 saturated heterocycles. The molecule has 1 amide bonds. The lowest BCUT2D eigenvalue weighted by Crippen LogP contribution is -2.25. The number of hydrogen-bond acceptors (Lipinski definition) is 3. The highest BCUT2D eigenvalue weighted by atomic mass is 35.5. The third-order valence-corrected chi connectivity index (χ3v) is 2.42. The lowest BCUT2D eigenvalue weighted by Gasteiger charge is -2.10. The maximum atomic E-state index is 11.2. The number of amides is 1. The van der Waals surface area contributed by atoms with Crippen LogP contribution in [0.1, 0.15) is 12.0 Å². The Morgan fingerprint density at radius 2 is 2.18 bits per heavy atom. The highest BCUT2D eigenvalue weighted by Gasteiger charge is 2.11. The minimum atomic E-state index is -1.17. The Hall–Kier alpha value is -1.75. The highest BCUT2D eigenvalue weighted by molar-refractivity contribution is 6.31. The van der Waals surface area contributed by atoms with E-state index in [4.69, 9.17) is 21.4 Å². The van der Waals surface area contributed by atoms with Gasteiger partial charge in [0.15, 0.2) is 0 Å². The van der Waals surface area contributed by atoms with Crippen molar-refractivity contribution < 1.29 is 19.4 Å². The molecule has 0 spiro atoms. The van der Waals surface area contributed by atoms with E-state index in [0.717, 1.165) is 0 Å². The van der Waals surface area contributed by atoms with Gasteiger partial charge in [0.25, 0.3) is 0 Å². The first kappa shape index (κ1) is 13.3. The van der Waals surface area contributed by atoms with E-state index in [0.29, 0.717) is 16.3 Å². The Kier molecular flexibility index (Phi) is 4.78. The van der Waals surface area contributed by atoms with Crippen LogP contribution >= 0.6 is 11.6 Å². The monoisotopic (exact) mass is 257 g/mol. The average molecular weight is 258 g/mol. The minimum Gasteiger partial charge on any atom is -0.496 e. The second kappa shape index (κ2) is 6.10. The first-order chi connectivity index (χ1) is 8.04. The third-order valence-electron chi connectivity index (χ3n) is 2.07. The third kappa shape index (κ3) is 3.96. The molecule has 0 saturated carbocycles. The van der Waals surface area contributed by atoms with Crippen LogP contribution < -0.4 is 10.1 Å². The fourth-order valence-electron chi connectivity index (χ4n) is 1.29. The Balaban J connectivity index is 2.68. The first-order valence-corrected chi connectivity index (χ1v) is 5.22. The molecule has 0 atom stereocenters. The predicted molar refractivity (Wildman–Crippen MR) is 62.1 cm³/mol. The van der Waals surface area contributed by atoms with Gasteiger partial charge in [-0.15, -0.1) is 0 Å². The number of carboxylic acid groups (broad SMARTS) is 1. The minimum absolute atomic E-state index is 0.134. The van der Waals surface area contributed by atoms with Gasteiger partial charge in [-0.25, -0.2) is 0 Å². The summed E-state index contributed by atoms with van der Waals surface area (Å²) in [4.78, 5) is 21.5. The van der Waals surface area contributed by atoms with Crippen molar-refractivity contribution in [2.45, 2.75) is 13.0 Å². The Labute approximate surface area is 103 Å². The van der Waals surface area contributed by atoms with Crippen molar-refractivity contribution in [1.29, 1.82) is 0 Å². The number of methoxy groups -OCH3 is 1. The van der Waals surface area contributed by atoms with E-state index in [-0.39, 0.29) is 6.54 Å². The molecule has 1 aromatic rings. The summed E-state index contributed by atoms with van der Waals surface area (Å²) in [5, 5.41) is 11.3. The largest absolute Gasteiger partial charge is 0.496 e. The SMILES string of the molecule is COc1cccc(Cl)c1CNC(=O)CC(=O)O. The predicted octanol–water partition coefficient (Wildman–Crippen LogP) is 1.44. The van der Waals surface area contributed by atoms with Gasteiger partial charge in [-0.3, -0.25) is 9.59 Å². The summed E-state index contributed by atoms with van der Waals surface area (Å²) in [6.45, 7) is 0.134. The fourth-order valence-corrected chi connectivity index (χ4v) is 1.52. The second-order valence-electron chi connectivity index (χ2n) is 3.27. The summed E-state index contributed by atoms with van der Waals surface area (Å²) in [7, 11) is 1.49. The molecule has 2 N–H and O–H groups in total. The second-order valence-corrected chi connectivity index (χ2v) is 3.68. The van der Waals surface area contributed by atoms with Crippen LogP contribution in [0.25, 0.3) is 0 Å². The van der Waals surface area contributed by atoms with Crippen molar-refractivity contribution in [3.05, 3.63) is 28.8 Å². The number of halogens is 1. The van der Waals surface area contributed by atoms with Crippen LogP contribution in [0.15, 0.2) is 18.2 Å². The van der Waals surface area contributed by atoms with Gasteiger partial charge in [-0.2, -0.15) is 0 Å². The van der Waals surface area contributed by atoms with Gasteiger partial charge < -0.3 is 15.2 Å². The fraction of sp³-hybridized carbons (Fsp3) is 0.273. The molecule has 0 bridgehead atoms. The highest BCUT2D eigenvalue weighted by Crippen LogP contribution is 2.25. The molecular weight excluding hydrogens is 246 g/mol. The molecule has 17 heavy (non-hydrogen) atoms. The zero-order valence-corrected chi connectivity index (χ0v) is 9.95. The summed E-state index contributed by atoms with van der Waals surface area (Å²) in [5.74, 6) is -1.19. The number of nitrogens with one attached hydrogen (secondary N) is 1. The Morgan fingerprint density at radius 3 is 2.76 bits per heavy atom. The van der Waals surface area contributed by atoms with E-state index in [1.54, 1.807) is 18.2 Å². The first-order valence-electron chi connectivity index (χ1n) is 4.84. The number of carbonyl (C=O) groups excluding carboxylic acids is 1. The molecule has 0 heterocycles. The number of ether oxygens (including phenoxy) is 1. The molecule has 1 aromatic carbocycles. The molecule has 0 aliphatic heterocycles. The summed E-state index contributed by atoms with van der Waals surface area (Å²) in [6.07, 6.45) is -0.563. The lowest BCUT2D eigenvalue weighted by atomic mass is 10.2. The zero-order valence-electron chi connectivity index (χ0n) is 9.20. The van der Waals surface area contributed by atoms with Crippen molar-refractivity contribution >= 4 is 23.5 Å². The average Bonchev–Trinajstić information content (AvgIpc) is 2.26. The molecule has 92 valence electrons. The molecule has 0 aliphatic rings. The number of hydrogen-bond donors (Lipinski definition) is 2. The summed E-state index contributed by atoms with van der Waals surface area (Å²) >= 11 is 5.95. The quantitative estimate of drug-likeness (QED) is 0.783. The van der Waals surface area contributed by atoms with Crippen LogP contribution in [0.2, 0.25) is 5.02 Å². The van der Waals surface area contributed by atoms with Gasteiger partial charge in [0.1, 0.15) is 12.2 Å². The molecule has 5 nitrogen and oxygen atoms in total. The number of aliphatic carboxylic acids is 1. The van der Waals surface area contributed by atoms with Crippen LogP contribution in [0.3, 0.4) is 0 Å². The Bertz CT molecular complexity index is 433. The summed E-state index contributed by atoms with van der Waals surface area (Å²) < 4.78 is 5.09. The summed E-state index contributed by atoms with van der Waals surface area (Å²) in [6, 6.07) is 5.11. The molecule has 1 rings (SSSR count). The number of carboxylic acids is 1. The maximum Gasteiger partial charge on any atom is 0.312 e. The van der Waals surface area contributed by atoms with Crippen LogP contribution in [-0.2, 0) is 16.1 Å². The van der Waals surface area contributed by atoms with E-state index < -0.39 is 18.3 Å². The number of benzene rings is 1. The maximum absolute atomic E-state index is 11.2. The Morgan fingerprint density at radius 1 is 1.47 bits per heavy atom. The zero-order chi connectivity index (χ0) is 12.8. The standard InChI is InChI=1S/C11H12ClNO4/c1-17-9-4-2-3-8(12)7(9)6-13-10(14)5-11(15)16/h2-4H,5-6H2,1H3,(H,13,14)(H,15,16). The van der Waals surface area contributed by atoms with E-state index in [9.17, 15) is 9.59 Å². The van der Waals surface area contributed by atoms with Crippen LogP contribution in [-0.4, -0.2) is 24.1 Å². The van der Waals surface area contributed by atoms with Gasteiger partial charge >= 0.3 is 5.97 Å². The molecule has 0 fully saturated rings. The van der Waals surface area contributed by atoms with E-state index in [1.807, 2.05) is 0 Å². The molecule has 0 aliphatic carbocycles. The van der Waals surface area contributed by atoms with Crippen LogP contribution in [0, 0.1) is 0 Å². The number of rotatable bonds is 5. The molecule has 0 radical (unpaired) electrons. The normalized spacial score (nSPS) is 9.76. The van der Waals surface area contributed by atoms with Crippen molar-refractivity contribution in [3.8, 4) is 5.75 Å². The van der Waals surface area contributed by atoms with Crippen LogP contribution in [0.5, 0.6) is 5.75 Å². The smallest absolute Gasteiger partial charge is 0.312 e. The van der Waals surface area contributed by atoms with Gasteiger partial charge in [-0.05, 0) is 12.1 Å². The van der Waals surface area contributed by atoms with Gasteiger partial charge in [-0.1, -0.05) is 17.7 Å².